The molecule has 1 amide bonds. The zero-order chi connectivity index (χ0) is 15.2. The lowest BCUT2D eigenvalue weighted by Gasteiger charge is -2.18. The number of hydrogen-bond donors (Lipinski definition) is 1. The molecule has 1 N–H and O–H groups in total. The molecule has 1 heterocycles. The minimum absolute atomic E-state index is 0.0596. The van der Waals surface area contributed by atoms with Gasteiger partial charge in [-0.05, 0) is 24.3 Å². The molecule has 2 aromatic carbocycles. The fourth-order valence-corrected chi connectivity index (χ4v) is 2.11. The summed E-state index contributed by atoms with van der Waals surface area (Å²) in [5, 5.41) is 2.75. The molecule has 0 aromatic heterocycles. The van der Waals surface area contributed by atoms with Crippen molar-refractivity contribution < 1.29 is 19.0 Å². The average Bonchev–Trinajstić information content (AvgIpc) is 2.55. The van der Waals surface area contributed by atoms with Crippen LogP contribution in [0.2, 0.25) is 0 Å². The third-order valence-electron chi connectivity index (χ3n) is 3.15. The molecule has 22 heavy (non-hydrogen) atoms. The standard InChI is InChI=1S/C17H17NO4/c19-17-12-22-16-8-7-14(11-15(16)18-17)21-10-4-9-20-13-5-2-1-3-6-13/h1-3,5-8,11H,4,9-10,12H2,(H,18,19). The van der Waals surface area contributed by atoms with E-state index in [-0.39, 0.29) is 12.5 Å². The lowest BCUT2D eigenvalue weighted by Crippen LogP contribution is -2.25. The van der Waals surface area contributed by atoms with Crippen LogP contribution in [0.4, 0.5) is 5.69 Å². The maximum Gasteiger partial charge on any atom is 0.262 e. The van der Waals surface area contributed by atoms with Crippen LogP contribution < -0.4 is 19.5 Å². The average molecular weight is 299 g/mol. The summed E-state index contributed by atoms with van der Waals surface area (Å²) in [4.78, 5) is 11.3. The number of rotatable bonds is 6. The van der Waals surface area contributed by atoms with E-state index >= 15 is 0 Å². The summed E-state index contributed by atoms with van der Waals surface area (Å²) in [6, 6.07) is 15.1. The molecular weight excluding hydrogens is 282 g/mol. The van der Waals surface area contributed by atoms with Crippen LogP contribution in [0.15, 0.2) is 48.5 Å². The molecule has 0 spiro atoms. The Balaban J connectivity index is 1.44. The summed E-state index contributed by atoms with van der Waals surface area (Å²) in [5.41, 5.74) is 0.647. The fraction of sp³-hybridized carbons (Fsp3) is 0.235. The highest BCUT2D eigenvalue weighted by Crippen LogP contribution is 2.31. The van der Waals surface area contributed by atoms with E-state index in [2.05, 4.69) is 5.32 Å². The van der Waals surface area contributed by atoms with Gasteiger partial charge in [-0.2, -0.15) is 0 Å². The molecule has 5 nitrogen and oxygen atoms in total. The normalized spacial score (nSPS) is 12.8. The Labute approximate surface area is 128 Å². The van der Waals surface area contributed by atoms with E-state index in [1.807, 2.05) is 36.4 Å². The van der Waals surface area contributed by atoms with Gasteiger partial charge in [0.2, 0.25) is 0 Å². The van der Waals surface area contributed by atoms with Crippen molar-refractivity contribution in [3.8, 4) is 17.2 Å². The van der Waals surface area contributed by atoms with Crippen molar-refractivity contribution in [1.29, 1.82) is 0 Å². The fourth-order valence-electron chi connectivity index (χ4n) is 2.11. The van der Waals surface area contributed by atoms with Crippen LogP contribution in [-0.2, 0) is 4.79 Å². The zero-order valence-corrected chi connectivity index (χ0v) is 12.1. The van der Waals surface area contributed by atoms with Gasteiger partial charge in [0.05, 0.1) is 18.9 Å². The first-order valence-corrected chi connectivity index (χ1v) is 7.18. The second kappa shape index (κ2) is 6.85. The van der Waals surface area contributed by atoms with Crippen molar-refractivity contribution in [3.05, 3.63) is 48.5 Å². The van der Waals surface area contributed by atoms with E-state index in [0.717, 1.165) is 12.2 Å². The highest BCUT2D eigenvalue weighted by molar-refractivity contribution is 5.95. The number of carbonyl (C=O) groups excluding carboxylic acids is 1. The summed E-state index contributed by atoms with van der Waals surface area (Å²) < 4.78 is 16.5. The number of carbonyl (C=O) groups is 1. The number of benzene rings is 2. The Kier molecular flexibility index (Phi) is 4.44. The van der Waals surface area contributed by atoms with Crippen molar-refractivity contribution in [2.24, 2.45) is 0 Å². The molecule has 0 unspecified atom stereocenters. The summed E-state index contributed by atoms with van der Waals surface area (Å²) in [6.07, 6.45) is 0.773. The van der Waals surface area contributed by atoms with Gasteiger partial charge in [0.25, 0.3) is 5.91 Å². The van der Waals surface area contributed by atoms with E-state index in [1.165, 1.54) is 0 Å². The SMILES string of the molecule is O=C1COc2ccc(OCCCOc3ccccc3)cc2N1. The van der Waals surface area contributed by atoms with Gasteiger partial charge in [-0.25, -0.2) is 0 Å². The lowest BCUT2D eigenvalue weighted by molar-refractivity contribution is -0.118. The minimum Gasteiger partial charge on any atom is -0.493 e. The monoisotopic (exact) mass is 299 g/mol. The van der Waals surface area contributed by atoms with E-state index in [0.29, 0.717) is 30.4 Å². The Morgan fingerprint density at radius 1 is 1.00 bits per heavy atom. The van der Waals surface area contributed by atoms with Crippen LogP contribution >= 0.6 is 0 Å². The Hall–Kier alpha value is -2.69. The van der Waals surface area contributed by atoms with Crippen molar-refractivity contribution >= 4 is 11.6 Å². The highest BCUT2D eigenvalue weighted by Gasteiger charge is 2.16. The van der Waals surface area contributed by atoms with Gasteiger partial charge >= 0.3 is 0 Å². The first-order chi connectivity index (χ1) is 10.8. The van der Waals surface area contributed by atoms with Crippen molar-refractivity contribution in [2.75, 3.05) is 25.1 Å². The maximum absolute atomic E-state index is 11.3. The van der Waals surface area contributed by atoms with Crippen molar-refractivity contribution in [1.82, 2.24) is 0 Å². The zero-order valence-electron chi connectivity index (χ0n) is 12.1. The second-order valence-corrected chi connectivity index (χ2v) is 4.86. The quantitative estimate of drug-likeness (QED) is 0.833. The van der Waals surface area contributed by atoms with E-state index < -0.39 is 0 Å². The lowest BCUT2D eigenvalue weighted by atomic mass is 10.2. The molecule has 1 aliphatic rings. The summed E-state index contributed by atoms with van der Waals surface area (Å²) in [5.74, 6) is 2.07. The number of para-hydroxylation sites is 1. The first kappa shape index (κ1) is 14.3. The molecule has 114 valence electrons. The largest absolute Gasteiger partial charge is 0.493 e. The van der Waals surface area contributed by atoms with Crippen molar-refractivity contribution in [2.45, 2.75) is 6.42 Å². The van der Waals surface area contributed by atoms with Gasteiger partial charge in [0.1, 0.15) is 17.2 Å². The van der Waals surface area contributed by atoms with Gasteiger partial charge in [-0.1, -0.05) is 18.2 Å². The van der Waals surface area contributed by atoms with E-state index in [1.54, 1.807) is 12.1 Å². The number of ether oxygens (including phenoxy) is 3. The predicted molar refractivity (Wildman–Crippen MR) is 82.6 cm³/mol. The number of fused-ring (bicyclic) bond motifs is 1. The van der Waals surface area contributed by atoms with Gasteiger partial charge in [-0.15, -0.1) is 0 Å². The Morgan fingerprint density at radius 3 is 2.59 bits per heavy atom. The summed E-state index contributed by atoms with van der Waals surface area (Å²) in [6.45, 7) is 1.19. The predicted octanol–water partition coefficient (Wildman–Crippen LogP) is 2.87. The van der Waals surface area contributed by atoms with E-state index in [4.69, 9.17) is 14.2 Å². The van der Waals surface area contributed by atoms with Gasteiger partial charge in [0.15, 0.2) is 6.61 Å². The number of nitrogens with one attached hydrogen (secondary N) is 1. The van der Waals surface area contributed by atoms with Gasteiger partial charge < -0.3 is 19.5 Å². The number of hydrogen-bond acceptors (Lipinski definition) is 4. The molecule has 5 heteroatoms. The van der Waals surface area contributed by atoms with Crippen LogP contribution in [0.3, 0.4) is 0 Å². The Morgan fingerprint density at radius 2 is 1.77 bits per heavy atom. The molecule has 0 bridgehead atoms. The molecular formula is C17H17NO4. The van der Waals surface area contributed by atoms with Crippen LogP contribution in [0.1, 0.15) is 6.42 Å². The van der Waals surface area contributed by atoms with Crippen LogP contribution in [-0.4, -0.2) is 25.7 Å². The van der Waals surface area contributed by atoms with Crippen LogP contribution in [0.25, 0.3) is 0 Å². The molecule has 0 saturated carbocycles. The third-order valence-corrected chi connectivity index (χ3v) is 3.15. The first-order valence-electron chi connectivity index (χ1n) is 7.18. The molecule has 2 aromatic rings. The molecule has 3 rings (SSSR count). The van der Waals surface area contributed by atoms with Crippen molar-refractivity contribution in [3.63, 3.8) is 0 Å². The van der Waals surface area contributed by atoms with Crippen LogP contribution in [0.5, 0.6) is 17.2 Å². The second-order valence-electron chi connectivity index (χ2n) is 4.86. The molecule has 0 fully saturated rings. The topological polar surface area (TPSA) is 56.8 Å². The molecule has 0 radical (unpaired) electrons. The van der Waals surface area contributed by atoms with Gasteiger partial charge in [-0.3, -0.25) is 4.79 Å². The molecule has 0 saturated heterocycles. The van der Waals surface area contributed by atoms with Gasteiger partial charge in [0, 0.05) is 12.5 Å². The summed E-state index contributed by atoms with van der Waals surface area (Å²) >= 11 is 0. The number of amides is 1. The smallest absolute Gasteiger partial charge is 0.262 e. The Bertz CT molecular complexity index is 642. The van der Waals surface area contributed by atoms with E-state index in [9.17, 15) is 4.79 Å². The maximum atomic E-state index is 11.3. The molecule has 0 atom stereocenters. The summed E-state index contributed by atoms with van der Waals surface area (Å²) in [7, 11) is 0. The highest BCUT2D eigenvalue weighted by atomic mass is 16.5. The minimum atomic E-state index is -0.152. The molecule has 0 aliphatic carbocycles. The van der Waals surface area contributed by atoms with Crippen LogP contribution in [0, 0.1) is 0 Å². The number of anilines is 1. The third kappa shape index (κ3) is 3.69. The molecule has 1 aliphatic heterocycles.